The molecule has 12 heteroatoms. The van der Waals surface area contributed by atoms with E-state index < -0.39 is 5.41 Å². The van der Waals surface area contributed by atoms with Gasteiger partial charge in [-0.25, -0.2) is 19.3 Å². The van der Waals surface area contributed by atoms with Crippen LogP contribution in [-0.4, -0.2) is 92.1 Å². The molecule has 2 aliphatic rings. The van der Waals surface area contributed by atoms with Gasteiger partial charge in [0.15, 0.2) is 5.82 Å². The second-order valence-corrected chi connectivity index (χ2v) is 12.3. The summed E-state index contributed by atoms with van der Waals surface area (Å²) < 4.78 is 13.5. The molecule has 2 N–H and O–H groups in total. The smallest absolute Gasteiger partial charge is 0.244 e. The van der Waals surface area contributed by atoms with Crippen molar-refractivity contribution < 1.29 is 14.0 Å². The zero-order valence-electron chi connectivity index (χ0n) is 26.4. The van der Waals surface area contributed by atoms with Crippen molar-refractivity contribution in [3.63, 3.8) is 0 Å². The van der Waals surface area contributed by atoms with Crippen LogP contribution in [0.25, 0.3) is 33.5 Å². The van der Waals surface area contributed by atoms with Gasteiger partial charge in [-0.2, -0.15) is 5.10 Å². The van der Waals surface area contributed by atoms with Gasteiger partial charge in [0.05, 0.1) is 17.8 Å². The number of pyridine rings is 1. The van der Waals surface area contributed by atoms with E-state index in [2.05, 4.69) is 41.3 Å². The minimum Gasteiger partial charge on any atom is -0.353 e. The highest BCUT2D eigenvalue weighted by molar-refractivity contribution is 6.01. The van der Waals surface area contributed by atoms with Gasteiger partial charge in [-0.15, -0.1) is 6.42 Å². The number of terminal acetylenes is 1. The summed E-state index contributed by atoms with van der Waals surface area (Å²) in [4.78, 5) is 46.4. The fraction of sp³-hybridized carbons (Fsp3) is 0.278. The summed E-state index contributed by atoms with van der Waals surface area (Å²) in [5.74, 6) is 3.62. The predicted octanol–water partition coefficient (Wildman–Crippen LogP) is 4.22. The molecule has 0 unspecified atom stereocenters. The Morgan fingerprint density at radius 2 is 1.83 bits per heavy atom. The number of hydrogen-bond donors (Lipinski definition) is 2. The molecule has 242 valence electrons. The summed E-state index contributed by atoms with van der Waals surface area (Å²) in [6, 6.07) is 17.2. The molecule has 0 bridgehead atoms. The van der Waals surface area contributed by atoms with Gasteiger partial charge >= 0.3 is 0 Å². The molecular weight excluding hydrogens is 609 g/mol. The average Bonchev–Trinajstić information content (AvgIpc) is 3.74. The molecule has 2 atom stereocenters. The number of piperazine rings is 1. The Morgan fingerprint density at radius 1 is 1.04 bits per heavy atom. The molecule has 0 saturated carbocycles. The summed E-state index contributed by atoms with van der Waals surface area (Å²) in [5.41, 5.74) is 2.54. The van der Waals surface area contributed by atoms with Crippen LogP contribution < -0.4 is 10.2 Å². The first-order valence-electron chi connectivity index (χ1n) is 15.9. The van der Waals surface area contributed by atoms with Crippen LogP contribution >= 0.6 is 0 Å². The van der Waals surface area contributed by atoms with E-state index in [0.29, 0.717) is 49.8 Å². The highest BCUT2D eigenvalue weighted by Gasteiger charge is 2.44. The standard InChI is InChI=1S/C36H34FN9O2/c1-3-36(35(48)41-28-10-11-30-29(19-28)33(43-42-30)25-5-8-27(37)9-6-25)13-16-44(23-36)22-32(47)46-18-17-45(21-24(46)2)31-12-7-26(20-40-31)34-38-14-4-15-39-34/h1,4-12,14-15,19-20,24H,13,16-18,21-23H2,2H3,(H,41,48)(H,42,43)/t24-,36-/m1/s1. The Balaban J connectivity index is 0.959. The molecule has 2 fully saturated rings. The number of hydrogen-bond acceptors (Lipinski definition) is 8. The second-order valence-electron chi connectivity index (χ2n) is 12.3. The summed E-state index contributed by atoms with van der Waals surface area (Å²) in [5, 5.41) is 11.2. The van der Waals surface area contributed by atoms with Crippen molar-refractivity contribution in [1.82, 2.24) is 34.9 Å². The summed E-state index contributed by atoms with van der Waals surface area (Å²) >= 11 is 0. The van der Waals surface area contributed by atoms with E-state index in [1.165, 1.54) is 12.1 Å². The largest absolute Gasteiger partial charge is 0.353 e. The number of likely N-dealkylation sites (tertiary alicyclic amines) is 1. The second kappa shape index (κ2) is 12.8. The fourth-order valence-corrected chi connectivity index (χ4v) is 6.53. The maximum absolute atomic E-state index is 13.6. The fourth-order valence-electron chi connectivity index (χ4n) is 6.53. The van der Waals surface area contributed by atoms with Crippen LogP contribution in [0.2, 0.25) is 0 Å². The third-order valence-corrected chi connectivity index (χ3v) is 9.20. The van der Waals surface area contributed by atoms with Gasteiger partial charge in [0.25, 0.3) is 0 Å². The van der Waals surface area contributed by atoms with E-state index in [1.54, 1.807) is 42.9 Å². The number of fused-ring (bicyclic) bond motifs is 1. The van der Waals surface area contributed by atoms with Crippen LogP contribution in [0, 0.1) is 23.6 Å². The average molecular weight is 644 g/mol. The zero-order chi connectivity index (χ0) is 33.3. The lowest BCUT2D eigenvalue weighted by Gasteiger charge is -2.41. The Kier molecular flexibility index (Phi) is 8.29. The van der Waals surface area contributed by atoms with Gasteiger partial charge in [-0.05, 0) is 74.0 Å². The van der Waals surface area contributed by atoms with Gasteiger partial charge in [0, 0.05) is 79.6 Å². The topological polar surface area (TPSA) is 123 Å². The number of carbonyl (C=O) groups is 2. The maximum Gasteiger partial charge on any atom is 0.244 e. The number of rotatable bonds is 7. The first-order chi connectivity index (χ1) is 23.3. The van der Waals surface area contributed by atoms with Gasteiger partial charge in [0.1, 0.15) is 17.1 Å². The number of amides is 2. The molecule has 0 aliphatic carbocycles. The van der Waals surface area contributed by atoms with E-state index in [1.807, 2.05) is 41.0 Å². The summed E-state index contributed by atoms with van der Waals surface area (Å²) in [6.45, 7) is 4.92. The highest BCUT2D eigenvalue weighted by Crippen LogP contribution is 2.33. The van der Waals surface area contributed by atoms with Crippen molar-refractivity contribution in [1.29, 1.82) is 0 Å². The van der Waals surface area contributed by atoms with E-state index in [-0.39, 0.29) is 36.8 Å². The van der Waals surface area contributed by atoms with Crippen LogP contribution in [0.1, 0.15) is 13.3 Å². The molecule has 2 saturated heterocycles. The number of aromatic amines is 1. The molecule has 11 nitrogen and oxygen atoms in total. The lowest BCUT2D eigenvalue weighted by atomic mass is 9.87. The van der Waals surface area contributed by atoms with Gasteiger partial charge in [-0.3, -0.25) is 19.6 Å². The Bertz CT molecular complexity index is 1990. The quantitative estimate of drug-likeness (QED) is 0.253. The number of H-pyrrole nitrogens is 1. The number of nitrogens with one attached hydrogen (secondary N) is 2. The molecule has 0 radical (unpaired) electrons. The monoisotopic (exact) mass is 643 g/mol. The molecular formula is C36H34FN9O2. The molecule has 2 aromatic carbocycles. The van der Waals surface area contributed by atoms with Crippen molar-refractivity contribution in [3.8, 4) is 35.0 Å². The Labute approximate surface area is 277 Å². The van der Waals surface area contributed by atoms with Crippen molar-refractivity contribution in [3.05, 3.63) is 85.1 Å². The van der Waals surface area contributed by atoms with E-state index in [0.717, 1.165) is 27.8 Å². The van der Waals surface area contributed by atoms with Crippen molar-refractivity contribution in [2.24, 2.45) is 5.41 Å². The summed E-state index contributed by atoms with van der Waals surface area (Å²) in [7, 11) is 0. The van der Waals surface area contributed by atoms with Crippen LogP contribution in [0.4, 0.5) is 15.9 Å². The molecule has 5 aromatic rings. The number of carbonyl (C=O) groups excluding carboxylic acids is 2. The molecule has 2 amide bonds. The zero-order valence-corrected chi connectivity index (χ0v) is 26.4. The molecule has 48 heavy (non-hydrogen) atoms. The van der Waals surface area contributed by atoms with Gasteiger partial charge in [-0.1, -0.05) is 5.92 Å². The highest BCUT2D eigenvalue weighted by atomic mass is 19.1. The first kappa shape index (κ1) is 31.0. The Hall–Kier alpha value is -5.67. The van der Waals surface area contributed by atoms with E-state index in [4.69, 9.17) is 6.42 Å². The van der Waals surface area contributed by atoms with Crippen molar-refractivity contribution >= 4 is 34.2 Å². The van der Waals surface area contributed by atoms with Crippen molar-refractivity contribution in [2.45, 2.75) is 19.4 Å². The lowest BCUT2D eigenvalue weighted by molar-refractivity contribution is -0.135. The number of anilines is 2. The minimum absolute atomic E-state index is 0.0126. The summed E-state index contributed by atoms with van der Waals surface area (Å²) in [6.07, 6.45) is 11.6. The normalized spacial score (nSPS) is 19.7. The van der Waals surface area contributed by atoms with Crippen molar-refractivity contribution in [2.75, 3.05) is 49.5 Å². The number of aromatic nitrogens is 5. The molecule has 7 rings (SSSR count). The van der Waals surface area contributed by atoms with Crippen LogP contribution in [0.3, 0.4) is 0 Å². The third kappa shape index (κ3) is 6.08. The number of benzene rings is 2. The van der Waals surface area contributed by atoms with Crippen LogP contribution in [0.15, 0.2) is 79.3 Å². The van der Waals surface area contributed by atoms with Gasteiger partial charge < -0.3 is 15.1 Å². The number of halogens is 1. The van der Waals surface area contributed by atoms with E-state index in [9.17, 15) is 14.0 Å². The molecule has 3 aromatic heterocycles. The van der Waals surface area contributed by atoms with Gasteiger partial charge in [0.2, 0.25) is 11.8 Å². The Morgan fingerprint density at radius 3 is 2.56 bits per heavy atom. The minimum atomic E-state index is -1.07. The first-order valence-corrected chi connectivity index (χ1v) is 15.9. The van der Waals surface area contributed by atoms with Crippen LogP contribution in [-0.2, 0) is 9.59 Å². The van der Waals surface area contributed by atoms with Crippen LogP contribution in [0.5, 0.6) is 0 Å². The molecule has 0 spiro atoms. The SMILES string of the molecule is C#C[C@@]1(C(=O)Nc2ccc3[nH]nc(-c4ccc(F)cc4)c3c2)CCN(CC(=O)N2CCN(c3ccc(-c4ncccn4)cn3)C[C@H]2C)C1. The maximum atomic E-state index is 13.6. The lowest BCUT2D eigenvalue weighted by Crippen LogP contribution is -2.56. The third-order valence-electron chi connectivity index (χ3n) is 9.20. The van der Waals surface area contributed by atoms with E-state index >= 15 is 0 Å². The molecule has 2 aliphatic heterocycles. The number of nitrogens with zero attached hydrogens (tertiary/aromatic N) is 7. The predicted molar refractivity (Wildman–Crippen MR) is 181 cm³/mol. The molecule has 5 heterocycles.